The summed E-state index contributed by atoms with van der Waals surface area (Å²) in [6.07, 6.45) is 0.877. The first-order chi connectivity index (χ1) is 12.0. The number of nitrogens with one attached hydrogen (secondary N) is 2. The lowest BCUT2D eigenvalue weighted by atomic mass is 10.1. The Morgan fingerprint density at radius 2 is 2.04 bits per heavy atom. The lowest BCUT2D eigenvalue weighted by Crippen LogP contribution is -2.29. The van der Waals surface area contributed by atoms with Gasteiger partial charge < -0.3 is 10.3 Å². The molecule has 25 heavy (non-hydrogen) atoms. The predicted molar refractivity (Wildman–Crippen MR) is 97.6 cm³/mol. The highest BCUT2D eigenvalue weighted by molar-refractivity contribution is 5.82. The van der Waals surface area contributed by atoms with Crippen molar-refractivity contribution in [1.29, 1.82) is 0 Å². The minimum absolute atomic E-state index is 0.0834. The SMILES string of the molecule is Cc1cc(C)n(CCCNC(=O)Cc2cc3ccccc3[nH]c2=O)n1. The molecule has 0 aliphatic heterocycles. The van der Waals surface area contributed by atoms with Crippen molar-refractivity contribution < 1.29 is 4.79 Å². The average molecular weight is 338 g/mol. The molecule has 0 spiro atoms. The summed E-state index contributed by atoms with van der Waals surface area (Å²) in [4.78, 5) is 27.0. The number of nitrogens with zero attached hydrogens (tertiary/aromatic N) is 2. The van der Waals surface area contributed by atoms with E-state index in [0.717, 1.165) is 35.3 Å². The van der Waals surface area contributed by atoms with Crippen molar-refractivity contribution in [2.45, 2.75) is 33.2 Å². The van der Waals surface area contributed by atoms with Crippen LogP contribution in [0.25, 0.3) is 10.9 Å². The first-order valence-corrected chi connectivity index (χ1v) is 8.41. The number of aryl methyl sites for hydroxylation is 3. The number of hydrogen-bond donors (Lipinski definition) is 2. The third kappa shape index (κ3) is 4.15. The Balaban J connectivity index is 1.53. The molecular weight excluding hydrogens is 316 g/mol. The van der Waals surface area contributed by atoms with E-state index in [2.05, 4.69) is 15.4 Å². The maximum Gasteiger partial charge on any atom is 0.252 e. The molecular formula is C19H22N4O2. The number of hydrogen-bond acceptors (Lipinski definition) is 3. The maximum atomic E-state index is 12.1. The van der Waals surface area contributed by atoms with Crippen LogP contribution in [-0.4, -0.2) is 27.2 Å². The van der Waals surface area contributed by atoms with E-state index in [1.807, 2.05) is 48.9 Å². The van der Waals surface area contributed by atoms with E-state index in [9.17, 15) is 9.59 Å². The van der Waals surface area contributed by atoms with Gasteiger partial charge in [-0.05, 0) is 43.9 Å². The van der Waals surface area contributed by atoms with Crippen LogP contribution in [-0.2, 0) is 17.8 Å². The van der Waals surface area contributed by atoms with Gasteiger partial charge in [-0.2, -0.15) is 5.10 Å². The Morgan fingerprint density at radius 1 is 1.24 bits per heavy atom. The van der Waals surface area contributed by atoms with Gasteiger partial charge in [0.15, 0.2) is 0 Å². The van der Waals surface area contributed by atoms with E-state index in [-0.39, 0.29) is 17.9 Å². The molecule has 6 nitrogen and oxygen atoms in total. The number of aromatic nitrogens is 3. The predicted octanol–water partition coefficient (Wildman–Crippen LogP) is 2.09. The molecule has 0 aliphatic rings. The number of para-hydroxylation sites is 1. The monoisotopic (exact) mass is 338 g/mol. The number of pyridine rings is 1. The number of H-pyrrole nitrogens is 1. The second-order valence-corrected chi connectivity index (χ2v) is 6.24. The molecule has 0 atom stereocenters. The summed E-state index contributed by atoms with van der Waals surface area (Å²) in [5.74, 6) is -0.144. The van der Waals surface area contributed by atoms with Crippen molar-refractivity contribution in [1.82, 2.24) is 20.1 Å². The molecule has 130 valence electrons. The van der Waals surface area contributed by atoms with Crippen molar-refractivity contribution >= 4 is 16.8 Å². The molecule has 0 bridgehead atoms. The van der Waals surface area contributed by atoms with Gasteiger partial charge in [-0.15, -0.1) is 0 Å². The zero-order valence-electron chi connectivity index (χ0n) is 14.5. The minimum Gasteiger partial charge on any atom is -0.356 e. The maximum absolute atomic E-state index is 12.1. The van der Waals surface area contributed by atoms with Crippen LogP contribution in [0.15, 0.2) is 41.2 Å². The van der Waals surface area contributed by atoms with Crippen LogP contribution >= 0.6 is 0 Å². The van der Waals surface area contributed by atoms with Crippen LogP contribution in [0.1, 0.15) is 23.4 Å². The van der Waals surface area contributed by atoms with Gasteiger partial charge >= 0.3 is 0 Å². The quantitative estimate of drug-likeness (QED) is 0.676. The summed E-state index contributed by atoms with van der Waals surface area (Å²) in [7, 11) is 0. The van der Waals surface area contributed by atoms with Crippen LogP contribution < -0.4 is 10.9 Å². The van der Waals surface area contributed by atoms with E-state index in [1.165, 1.54) is 0 Å². The van der Waals surface area contributed by atoms with E-state index in [4.69, 9.17) is 0 Å². The van der Waals surface area contributed by atoms with Gasteiger partial charge in [-0.25, -0.2) is 0 Å². The number of amides is 1. The fourth-order valence-corrected chi connectivity index (χ4v) is 2.92. The smallest absolute Gasteiger partial charge is 0.252 e. The molecule has 3 rings (SSSR count). The number of benzene rings is 1. The highest BCUT2D eigenvalue weighted by Gasteiger charge is 2.08. The molecule has 0 fully saturated rings. The first-order valence-electron chi connectivity index (χ1n) is 8.41. The third-order valence-corrected chi connectivity index (χ3v) is 4.15. The Morgan fingerprint density at radius 3 is 2.80 bits per heavy atom. The molecule has 1 aromatic carbocycles. The first kappa shape index (κ1) is 17.0. The van der Waals surface area contributed by atoms with Crippen molar-refractivity contribution in [3.63, 3.8) is 0 Å². The molecule has 1 amide bonds. The topological polar surface area (TPSA) is 79.8 Å². The molecule has 2 heterocycles. The molecule has 2 aromatic heterocycles. The lowest BCUT2D eigenvalue weighted by Gasteiger charge is -2.07. The molecule has 0 radical (unpaired) electrons. The van der Waals surface area contributed by atoms with Gasteiger partial charge in [0.25, 0.3) is 5.56 Å². The van der Waals surface area contributed by atoms with Crippen LogP contribution in [0.4, 0.5) is 0 Å². The highest BCUT2D eigenvalue weighted by Crippen LogP contribution is 2.10. The Kier molecular flexibility index (Phi) is 4.97. The second kappa shape index (κ2) is 7.34. The summed E-state index contributed by atoms with van der Waals surface area (Å²) >= 11 is 0. The zero-order chi connectivity index (χ0) is 17.8. The van der Waals surface area contributed by atoms with Gasteiger partial charge in [-0.1, -0.05) is 18.2 Å². The molecule has 0 saturated heterocycles. The minimum atomic E-state index is -0.212. The van der Waals surface area contributed by atoms with Crippen LogP contribution in [0.5, 0.6) is 0 Å². The van der Waals surface area contributed by atoms with Crippen molar-refractivity contribution in [3.8, 4) is 0 Å². The average Bonchev–Trinajstić information content (AvgIpc) is 2.90. The van der Waals surface area contributed by atoms with E-state index in [1.54, 1.807) is 6.07 Å². The van der Waals surface area contributed by atoms with Crippen molar-refractivity contribution in [2.75, 3.05) is 6.54 Å². The molecule has 0 saturated carbocycles. The van der Waals surface area contributed by atoms with E-state index in [0.29, 0.717) is 12.1 Å². The van der Waals surface area contributed by atoms with Gasteiger partial charge in [0.05, 0.1) is 12.1 Å². The summed E-state index contributed by atoms with van der Waals surface area (Å²) in [5.41, 5.74) is 3.16. The van der Waals surface area contributed by atoms with Gasteiger partial charge in [0.2, 0.25) is 5.91 Å². The van der Waals surface area contributed by atoms with E-state index >= 15 is 0 Å². The third-order valence-electron chi connectivity index (χ3n) is 4.15. The molecule has 6 heteroatoms. The fourth-order valence-electron chi connectivity index (χ4n) is 2.92. The zero-order valence-corrected chi connectivity index (χ0v) is 14.5. The normalized spacial score (nSPS) is 11.0. The summed E-state index contributed by atoms with van der Waals surface area (Å²) in [6, 6.07) is 11.4. The largest absolute Gasteiger partial charge is 0.356 e. The van der Waals surface area contributed by atoms with E-state index < -0.39 is 0 Å². The van der Waals surface area contributed by atoms with Crippen molar-refractivity contribution in [3.05, 3.63) is 63.7 Å². The molecule has 0 unspecified atom stereocenters. The van der Waals surface area contributed by atoms with Gasteiger partial charge in [0.1, 0.15) is 0 Å². The van der Waals surface area contributed by atoms with Gasteiger partial charge in [0, 0.05) is 29.9 Å². The molecule has 2 N–H and O–H groups in total. The van der Waals surface area contributed by atoms with Gasteiger partial charge in [-0.3, -0.25) is 14.3 Å². The van der Waals surface area contributed by atoms with Crippen LogP contribution in [0, 0.1) is 13.8 Å². The summed E-state index contributed by atoms with van der Waals surface area (Å²) in [5, 5.41) is 8.19. The molecule has 3 aromatic rings. The van der Waals surface area contributed by atoms with Crippen molar-refractivity contribution in [2.24, 2.45) is 0 Å². The lowest BCUT2D eigenvalue weighted by molar-refractivity contribution is -0.120. The number of fused-ring (bicyclic) bond motifs is 1. The summed E-state index contributed by atoms with van der Waals surface area (Å²) < 4.78 is 1.94. The summed E-state index contributed by atoms with van der Waals surface area (Å²) in [6.45, 7) is 5.30. The van der Waals surface area contributed by atoms with Crippen LogP contribution in [0.3, 0.4) is 0 Å². The Bertz CT molecular complexity index is 955. The van der Waals surface area contributed by atoms with Crippen LogP contribution in [0.2, 0.25) is 0 Å². The Hall–Kier alpha value is -2.89. The fraction of sp³-hybridized carbons (Fsp3) is 0.316. The highest BCUT2D eigenvalue weighted by atomic mass is 16.2. The Labute approximate surface area is 145 Å². The molecule has 0 aliphatic carbocycles. The number of carbonyl (C=O) groups is 1. The standard InChI is InChI=1S/C19H22N4O2/c1-13-10-14(2)23(22-13)9-5-8-20-18(24)12-16-11-15-6-3-4-7-17(15)21-19(16)25/h3-4,6-7,10-11H,5,8-9,12H2,1-2H3,(H,20,24)(H,21,25). The number of rotatable bonds is 6. The number of carbonyl (C=O) groups excluding carboxylic acids is 1. The number of aromatic amines is 1. The second-order valence-electron chi connectivity index (χ2n) is 6.24.